The van der Waals surface area contributed by atoms with Crippen LogP contribution in [0.25, 0.3) is 116 Å². The topological polar surface area (TPSA) is 99.3 Å². The molecule has 0 saturated carbocycles. The molecule has 7 nitrogen and oxygen atoms in total. The summed E-state index contributed by atoms with van der Waals surface area (Å²) < 4.78 is 13.5. The Bertz CT molecular complexity index is 4030. The zero-order valence-corrected chi connectivity index (χ0v) is 33.9. The van der Waals surface area contributed by atoms with Crippen LogP contribution >= 0.6 is 0 Å². The molecular formula is C57H30N6O. The van der Waals surface area contributed by atoms with Crippen LogP contribution in [-0.2, 0) is 0 Å². The van der Waals surface area contributed by atoms with Gasteiger partial charge in [-0.15, -0.1) is 0 Å². The van der Waals surface area contributed by atoms with E-state index in [-0.39, 0.29) is 0 Å². The average molecular weight is 815 g/mol. The van der Waals surface area contributed by atoms with Gasteiger partial charge in [-0.3, -0.25) is 0 Å². The van der Waals surface area contributed by atoms with E-state index in [0.29, 0.717) is 44.9 Å². The summed E-state index contributed by atoms with van der Waals surface area (Å²) in [6.45, 7) is 0. The van der Waals surface area contributed by atoms with Gasteiger partial charge in [-0.2, -0.15) is 15.8 Å². The maximum absolute atomic E-state index is 11.9. The first-order chi connectivity index (χ1) is 31.7. The lowest BCUT2D eigenvalue weighted by molar-refractivity contribution is 0.673. The fourth-order valence-electron chi connectivity index (χ4n) is 10.4. The second-order valence-corrected chi connectivity index (χ2v) is 16.1. The Hall–Kier alpha value is -9.35. The van der Waals surface area contributed by atoms with Gasteiger partial charge in [0.15, 0.2) is 0 Å². The van der Waals surface area contributed by atoms with Crippen molar-refractivity contribution in [2.75, 3.05) is 0 Å². The molecule has 0 fully saturated rings. The lowest BCUT2D eigenvalue weighted by atomic mass is 9.90. The number of nitrogens with zero attached hydrogens (tertiary/aromatic N) is 6. The molecule has 0 aliphatic rings. The lowest BCUT2D eigenvalue weighted by Crippen LogP contribution is -2.14. The van der Waals surface area contributed by atoms with E-state index in [1.807, 2.05) is 91.0 Å². The highest BCUT2D eigenvalue weighted by atomic mass is 16.3. The first-order valence-electron chi connectivity index (χ1n) is 21.0. The number of para-hydroxylation sites is 6. The smallest absolute Gasteiger partial charge is 0.145 e. The van der Waals surface area contributed by atoms with E-state index < -0.39 is 0 Å². The molecule has 13 aromatic rings. The van der Waals surface area contributed by atoms with E-state index in [2.05, 4.69) is 111 Å². The minimum Gasteiger partial charge on any atom is -0.455 e. The number of hydrogen-bond donors (Lipinski definition) is 0. The summed E-state index contributed by atoms with van der Waals surface area (Å²) in [6, 6.07) is 68.7. The number of furan rings is 1. The minimum absolute atomic E-state index is 0.322. The predicted molar refractivity (Wildman–Crippen MR) is 256 cm³/mol. The molecule has 294 valence electrons. The van der Waals surface area contributed by atoms with Gasteiger partial charge in [0.2, 0.25) is 0 Å². The van der Waals surface area contributed by atoms with Gasteiger partial charge < -0.3 is 18.1 Å². The normalized spacial score (nSPS) is 11.7. The number of nitriles is 3. The van der Waals surface area contributed by atoms with Gasteiger partial charge in [0.1, 0.15) is 23.3 Å². The SMILES string of the molecule is N#Cc1ccc(-c2c(C#N)c(-n3c4ccccc4c4ccccc43)c(-n3c4ccccc4c4c5oc6ccccc6c5ccc43)c(-n3c4ccccc4c4ccccc43)c2C#N)cc1. The Kier molecular flexibility index (Phi) is 7.37. The Morgan fingerprint density at radius 2 is 0.766 bits per heavy atom. The summed E-state index contributed by atoms with van der Waals surface area (Å²) in [5.41, 5.74) is 11.1. The summed E-state index contributed by atoms with van der Waals surface area (Å²) in [4.78, 5) is 0. The maximum Gasteiger partial charge on any atom is 0.145 e. The maximum atomic E-state index is 11.9. The third-order valence-electron chi connectivity index (χ3n) is 13.0. The van der Waals surface area contributed by atoms with Crippen LogP contribution in [0.4, 0.5) is 0 Å². The third kappa shape index (κ3) is 4.66. The van der Waals surface area contributed by atoms with Crippen LogP contribution in [0, 0.1) is 34.0 Å². The molecule has 0 bridgehead atoms. The van der Waals surface area contributed by atoms with Crippen LogP contribution in [0.3, 0.4) is 0 Å². The van der Waals surface area contributed by atoms with Crippen molar-refractivity contribution in [1.82, 2.24) is 13.7 Å². The molecule has 0 unspecified atom stereocenters. The van der Waals surface area contributed by atoms with E-state index in [0.717, 1.165) is 87.4 Å². The number of hydrogen-bond acceptors (Lipinski definition) is 4. The van der Waals surface area contributed by atoms with Gasteiger partial charge in [0.25, 0.3) is 0 Å². The van der Waals surface area contributed by atoms with Crippen LogP contribution in [0.2, 0.25) is 0 Å². The Morgan fingerprint density at radius 3 is 1.25 bits per heavy atom. The molecule has 0 saturated heterocycles. The molecule has 13 rings (SSSR count). The summed E-state index contributed by atoms with van der Waals surface area (Å²) in [7, 11) is 0. The monoisotopic (exact) mass is 814 g/mol. The molecule has 0 amide bonds. The summed E-state index contributed by atoms with van der Waals surface area (Å²) in [6.07, 6.45) is 0. The molecule has 7 heteroatoms. The van der Waals surface area contributed by atoms with Crippen molar-refractivity contribution < 1.29 is 4.42 Å². The van der Waals surface area contributed by atoms with E-state index in [1.165, 1.54) is 0 Å². The van der Waals surface area contributed by atoms with Gasteiger partial charge in [0.05, 0.1) is 78.3 Å². The van der Waals surface area contributed by atoms with Crippen molar-refractivity contribution in [3.8, 4) is 46.4 Å². The number of benzene rings is 9. The molecule has 0 spiro atoms. The first-order valence-corrected chi connectivity index (χ1v) is 21.0. The van der Waals surface area contributed by atoms with Crippen LogP contribution in [0.1, 0.15) is 16.7 Å². The Morgan fingerprint density at radius 1 is 0.344 bits per heavy atom. The van der Waals surface area contributed by atoms with Crippen LogP contribution in [-0.4, -0.2) is 13.7 Å². The van der Waals surface area contributed by atoms with Crippen molar-refractivity contribution in [2.45, 2.75) is 0 Å². The van der Waals surface area contributed by atoms with Crippen LogP contribution in [0.15, 0.2) is 186 Å². The van der Waals surface area contributed by atoms with Gasteiger partial charge >= 0.3 is 0 Å². The predicted octanol–water partition coefficient (Wildman–Crippen LogP) is 14.2. The summed E-state index contributed by atoms with van der Waals surface area (Å²) >= 11 is 0. The van der Waals surface area contributed by atoms with E-state index in [9.17, 15) is 15.8 Å². The zero-order chi connectivity index (χ0) is 42.6. The lowest BCUT2D eigenvalue weighted by Gasteiger charge is -2.26. The van der Waals surface area contributed by atoms with Crippen molar-refractivity contribution in [1.29, 1.82) is 15.8 Å². The van der Waals surface area contributed by atoms with E-state index in [4.69, 9.17) is 4.42 Å². The van der Waals surface area contributed by atoms with Crippen molar-refractivity contribution in [3.63, 3.8) is 0 Å². The van der Waals surface area contributed by atoms with Gasteiger partial charge in [-0.25, -0.2) is 0 Å². The Labute approximate surface area is 364 Å². The van der Waals surface area contributed by atoms with Crippen molar-refractivity contribution in [2.24, 2.45) is 0 Å². The van der Waals surface area contributed by atoms with Gasteiger partial charge in [-0.1, -0.05) is 121 Å². The molecule has 0 aliphatic heterocycles. The molecule has 0 N–H and O–H groups in total. The van der Waals surface area contributed by atoms with Gasteiger partial charge in [-0.05, 0) is 66.2 Å². The Balaban J connectivity index is 1.36. The number of rotatable bonds is 4. The molecule has 4 heterocycles. The van der Waals surface area contributed by atoms with Crippen molar-refractivity contribution >= 4 is 87.4 Å². The molecular weight excluding hydrogens is 785 g/mol. The van der Waals surface area contributed by atoms with Gasteiger partial charge in [0, 0.05) is 43.3 Å². The molecule has 4 aromatic heterocycles. The fraction of sp³-hybridized carbons (Fsp3) is 0. The van der Waals surface area contributed by atoms with Crippen molar-refractivity contribution in [3.05, 3.63) is 199 Å². The molecule has 0 aliphatic carbocycles. The van der Waals surface area contributed by atoms with E-state index >= 15 is 0 Å². The quantitative estimate of drug-likeness (QED) is 0.177. The zero-order valence-electron chi connectivity index (χ0n) is 33.9. The standard InChI is InChI=1S/C57H30N6O/c58-31-34-25-27-35(28-26-34)52-43(32-59)54(61-45-19-7-1-13-36(45)37-14-2-8-20-46(37)61)56(55(44(52)33-60)62-47-21-9-3-15-38(47)39-16-4-10-22-48(39)62)63-49-23-11-5-18-42(49)53-50(63)30-29-41-40-17-6-12-24-51(40)64-57(41)53/h1-30H. The average Bonchev–Trinajstić information content (AvgIpc) is 4.09. The molecule has 64 heavy (non-hydrogen) atoms. The highest BCUT2D eigenvalue weighted by Gasteiger charge is 2.33. The van der Waals surface area contributed by atoms with Crippen LogP contribution < -0.4 is 0 Å². The highest BCUT2D eigenvalue weighted by molar-refractivity contribution is 6.24. The number of aromatic nitrogens is 3. The fourth-order valence-corrected chi connectivity index (χ4v) is 10.4. The molecule has 0 atom stereocenters. The summed E-state index contributed by atoms with van der Waals surface area (Å²) in [5.74, 6) is 0. The van der Waals surface area contributed by atoms with Crippen LogP contribution in [0.5, 0.6) is 0 Å². The third-order valence-corrected chi connectivity index (χ3v) is 13.0. The molecule has 0 radical (unpaired) electrons. The largest absolute Gasteiger partial charge is 0.455 e. The van der Waals surface area contributed by atoms with E-state index in [1.54, 1.807) is 12.1 Å². The number of fused-ring (bicyclic) bond motifs is 13. The minimum atomic E-state index is 0.322. The second kappa shape index (κ2) is 13.3. The summed E-state index contributed by atoms with van der Waals surface area (Å²) in [5, 5.41) is 41.7. The highest BCUT2D eigenvalue weighted by Crippen LogP contribution is 2.49. The molecule has 9 aromatic carbocycles. The second-order valence-electron chi connectivity index (χ2n) is 16.1. The first kappa shape index (κ1) is 35.4.